The molecule has 0 saturated heterocycles. The Morgan fingerprint density at radius 3 is 2.54 bits per heavy atom. The van der Waals surface area contributed by atoms with E-state index in [9.17, 15) is 14.4 Å². The van der Waals surface area contributed by atoms with Crippen molar-refractivity contribution in [1.82, 2.24) is 4.57 Å². The summed E-state index contributed by atoms with van der Waals surface area (Å²) in [5.74, 6) is -1.35. The number of allylic oxidation sites excluding steroid dienone is 1. The molecule has 0 aliphatic heterocycles. The minimum absolute atomic E-state index is 0.251. The van der Waals surface area contributed by atoms with E-state index in [1.54, 1.807) is 18.2 Å². The number of anilines is 1. The van der Waals surface area contributed by atoms with E-state index in [1.807, 2.05) is 18.4 Å². The van der Waals surface area contributed by atoms with Gasteiger partial charge in [0.05, 0.1) is 11.6 Å². The molecule has 1 aromatic heterocycles. The number of rotatable bonds is 8. The van der Waals surface area contributed by atoms with Crippen molar-refractivity contribution in [3.63, 3.8) is 0 Å². The van der Waals surface area contributed by atoms with Crippen molar-refractivity contribution in [2.75, 3.05) is 11.9 Å². The maximum atomic E-state index is 12.4. The van der Waals surface area contributed by atoms with Crippen molar-refractivity contribution in [3.05, 3.63) is 65.5 Å². The van der Waals surface area contributed by atoms with Gasteiger partial charge >= 0.3 is 5.97 Å². The van der Waals surface area contributed by atoms with Gasteiger partial charge in [-0.2, -0.15) is 5.26 Å². The van der Waals surface area contributed by atoms with Crippen LogP contribution in [0.25, 0.3) is 0 Å². The van der Waals surface area contributed by atoms with Crippen LogP contribution in [0.15, 0.2) is 43.0 Å². The molecule has 0 aliphatic carbocycles. The zero-order chi connectivity index (χ0) is 20.7. The lowest BCUT2D eigenvalue weighted by molar-refractivity contribution is -0.115. The predicted molar refractivity (Wildman–Crippen MR) is 104 cm³/mol. The molecule has 0 bridgehead atoms. The van der Waals surface area contributed by atoms with Crippen molar-refractivity contribution >= 4 is 23.3 Å². The molecule has 144 valence electrons. The number of nitrogens with zero attached hydrogens (tertiary/aromatic N) is 2. The second-order valence-corrected chi connectivity index (χ2v) is 6.14. The van der Waals surface area contributed by atoms with E-state index < -0.39 is 11.9 Å². The highest BCUT2D eigenvalue weighted by Gasteiger charge is 2.17. The summed E-state index contributed by atoms with van der Waals surface area (Å²) in [5, 5.41) is 11.0. The van der Waals surface area contributed by atoms with Gasteiger partial charge in [0.1, 0.15) is 6.42 Å². The lowest BCUT2D eigenvalue weighted by Crippen LogP contribution is -2.15. The number of carbonyl (C=O) groups excluding carboxylic acids is 3. The molecule has 0 spiro atoms. The molecule has 28 heavy (non-hydrogen) atoms. The second kappa shape index (κ2) is 9.33. The maximum absolute atomic E-state index is 12.4. The van der Waals surface area contributed by atoms with E-state index in [-0.39, 0.29) is 24.4 Å². The molecule has 1 N–H and O–H groups in total. The van der Waals surface area contributed by atoms with Crippen LogP contribution in [0, 0.1) is 25.2 Å². The summed E-state index contributed by atoms with van der Waals surface area (Å²) in [6.07, 6.45) is 1.50. The third-order valence-corrected chi connectivity index (χ3v) is 4.16. The molecule has 0 radical (unpaired) electrons. The average molecular weight is 379 g/mol. The second-order valence-electron chi connectivity index (χ2n) is 6.14. The molecule has 0 unspecified atom stereocenters. The molecule has 2 rings (SSSR count). The van der Waals surface area contributed by atoms with Crippen LogP contribution < -0.4 is 5.32 Å². The fourth-order valence-electron chi connectivity index (χ4n) is 2.75. The van der Waals surface area contributed by atoms with Crippen molar-refractivity contribution in [2.45, 2.75) is 26.8 Å². The van der Waals surface area contributed by atoms with Crippen LogP contribution in [0.5, 0.6) is 0 Å². The molecular weight excluding hydrogens is 358 g/mol. The van der Waals surface area contributed by atoms with E-state index in [2.05, 4.69) is 11.9 Å². The SMILES string of the molecule is C=CCn1c(C)cc(C(=O)COC(=O)c2ccc(NC(=O)CC#N)cc2)c1C. The van der Waals surface area contributed by atoms with E-state index in [0.717, 1.165) is 11.4 Å². The van der Waals surface area contributed by atoms with Gasteiger partial charge in [-0.3, -0.25) is 9.59 Å². The molecule has 7 nitrogen and oxygen atoms in total. The normalized spacial score (nSPS) is 10.0. The lowest BCUT2D eigenvalue weighted by atomic mass is 10.1. The summed E-state index contributed by atoms with van der Waals surface area (Å²) in [7, 11) is 0. The Morgan fingerprint density at radius 2 is 1.93 bits per heavy atom. The number of nitrogens with one attached hydrogen (secondary N) is 1. The number of Topliss-reactive ketones (excluding diaryl/α,β-unsaturated/α-hetero) is 1. The van der Waals surface area contributed by atoms with E-state index in [0.29, 0.717) is 17.8 Å². The molecular formula is C21H21N3O4. The Balaban J connectivity index is 1.97. The number of aromatic nitrogens is 1. The summed E-state index contributed by atoms with van der Waals surface area (Å²) in [4.78, 5) is 35.9. The molecule has 0 fully saturated rings. The Bertz CT molecular complexity index is 949. The van der Waals surface area contributed by atoms with Crippen LogP contribution in [0.2, 0.25) is 0 Å². The highest BCUT2D eigenvalue weighted by atomic mass is 16.5. The maximum Gasteiger partial charge on any atom is 0.338 e. The van der Waals surface area contributed by atoms with Crippen LogP contribution in [-0.2, 0) is 16.1 Å². The first-order valence-corrected chi connectivity index (χ1v) is 8.62. The number of hydrogen-bond acceptors (Lipinski definition) is 5. The van der Waals surface area contributed by atoms with Crippen LogP contribution in [-0.4, -0.2) is 28.8 Å². The number of ether oxygens (including phenoxy) is 1. The molecule has 7 heteroatoms. The van der Waals surface area contributed by atoms with Gasteiger partial charge in [0.15, 0.2) is 6.61 Å². The standard InChI is InChI=1S/C21H21N3O4/c1-4-11-24-14(2)12-18(15(24)3)19(25)13-28-21(27)16-5-7-17(8-6-16)23-20(26)9-10-22/h4-8,12H,1,9,11,13H2,2-3H3,(H,23,26). The van der Waals surface area contributed by atoms with Crippen LogP contribution >= 0.6 is 0 Å². The first kappa shape index (κ1) is 20.6. The van der Waals surface area contributed by atoms with Crippen LogP contribution in [0.4, 0.5) is 5.69 Å². The van der Waals surface area contributed by atoms with Crippen molar-refractivity contribution < 1.29 is 19.1 Å². The minimum atomic E-state index is -0.636. The average Bonchev–Trinajstić information content (AvgIpc) is 2.95. The van der Waals surface area contributed by atoms with E-state index >= 15 is 0 Å². The van der Waals surface area contributed by atoms with E-state index in [4.69, 9.17) is 10.00 Å². The van der Waals surface area contributed by atoms with Gasteiger partial charge in [-0.05, 0) is 44.2 Å². The van der Waals surface area contributed by atoms with Crippen molar-refractivity contribution in [2.24, 2.45) is 0 Å². The fraction of sp³-hybridized carbons (Fsp3) is 0.238. The molecule has 0 atom stereocenters. The first-order valence-electron chi connectivity index (χ1n) is 8.62. The van der Waals surface area contributed by atoms with Gasteiger partial charge in [-0.25, -0.2) is 4.79 Å². The zero-order valence-electron chi connectivity index (χ0n) is 15.8. The third-order valence-electron chi connectivity index (χ3n) is 4.16. The Labute approximate surface area is 163 Å². The number of nitriles is 1. The monoisotopic (exact) mass is 379 g/mol. The van der Waals surface area contributed by atoms with Crippen LogP contribution in [0.1, 0.15) is 38.5 Å². The van der Waals surface area contributed by atoms with Crippen molar-refractivity contribution in [1.29, 1.82) is 5.26 Å². The smallest absolute Gasteiger partial charge is 0.338 e. The number of aryl methyl sites for hydroxylation is 1. The number of carbonyl (C=O) groups is 3. The van der Waals surface area contributed by atoms with Gasteiger partial charge in [0.2, 0.25) is 11.7 Å². The third kappa shape index (κ3) is 4.95. The quantitative estimate of drug-likeness (QED) is 0.431. The largest absolute Gasteiger partial charge is 0.454 e. The first-order chi connectivity index (χ1) is 13.4. The van der Waals surface area contributed by atoms with Gasteiger partial charge in [0, 0.05) is 29.2 Å². The minimum Gasteiger partial charge on any atom is -0.454 e. The molecule has 1 amide bonds. The summed E-state index contributed by atoms with van der Waals surface area (Å²) in [6.45, 7) is 7.68. The lowest BCUT2D eigenvalue weighted by Gasteiger charge is -2.07. The molecule has 2 aromatic rings. The van der Waals surface area contributed by atoms with Gasteiger partial charge in [0.25, 0.3) is 0 Å². The number of hydrogen-bond donors (Lipinski definition) is 1. The topological polar surface area (TPSA) is 101 Å². The Hall–Kier alpha value is -3.66. The summed E-state index contributed by atoms with van der Waals surface area (Å²) >= 11 is 0. The van der Waals surface area contributed by atoms with E-state index in [1.165, 1.54) is 24.3 Å². The summed E-state index contributed by atoms with van der Waals surface area (Å²) in [5.41, 5.74) is 2.96. The summed E-state index contributed by atoms with van der Waals surface area (Å²) in [6, 6.07) is 9.52. The van der Waals surface area contributed by atoms with Crippen molar-refractivity contribution in [3.8, 4) is 6.07 Å². The highest BCUT2D eigenvalue weighted by molar-refractivity contribution is 6.00. The molecule has 0 saturated carbocycles. The number of benzene rings is 1. The zero-order valence-corrected chi connectivity index (χ0v) is 15.8. The van der Waals surface area contributed by atoms with Gasteiger partial charge < -0.3 is 14.6 Å². The molecule has 1 heterocycles. The Morgan fingerprint density at radius 1 is 1.25 bits per heavy atom. The number of amides is 1. The molecule has 1 aromatic carbocycles. The van der Waals surface area contributed by atoms with Crippen LogP contribution in [0.3, 0.4) is 0 Å². The van der Waals surface area contributed by atoms with Gasteiger partial charge in [-0.1, -0.05) is 6.08 Å². The Kier molecular flexibility index (Phi) is 6.88. The fourth-order valence-corrected chi connectivity index (χ4v) is 2.75. The highest BCUT2D eigenvalue weighted by Crippen LogP contribution is 2.16. The predicted octanol–water partition coefficient (Wildman–Crippen LogP) is 3.18. The van der Waals surface area contributed by atoms with Gasteiger partial charge in [-0.15, -0.1) is 6.58 Å². The molecule has 0 aliphatic rings. The summed E-state index contributed by atoms with van der Waals surface area (Å²) < 4.78 is 7.08. The number of ketones is 1. The number of esters is 1.